The highest BCUT2D eigenvalue weighted by molar-refractivity contribution is 6.30. The van der Waals surface area contributed by atoms with E-state index in [1.54, 1.807) is 0 Å². The van der Waals surface area contributed by atoms with Gasteiger partial charge >= 0.3 is 0 Å². The highest BCUT2D eigenvalue weighted by atomic mass is 35.5. The molecule has 2 aromatic carbocycles. The fourth-order valence-corrected chi connectivity index (χ4v) is 4.98. The van der Waals surface area contributed by atoms with E-state index in [1.807, 2.05) is 53.4 Å². The zero-order valence-electron chi connectivity index (χ0n) is 19.1. The normalized spacial score (nSPS) is 21.0. The molecule has 0 radical (unpaired) electrons. The van der Waals surface area contributed by atoms with Crippen molar-refractivity contribution in [1.82, 2.24) is 15.1 Å². The summed E-state index contributed by atoms with van der Waals surface area (Å²) in [4.78, 5) is 31.4. The minimum absolute atomic E-state index is 0.0265. The minimum Gasteiger partial charge on any atom is -0.379 e. The topological polar surface area (TPSA) is 61.9 Å². The van der Waals surface area contributed by atoms with E-state index < -0.39 is 12.0 Å². The summed E-state index contributed by atoms with van der Waals surface area (Å²) in [5.41, 5.74) is 2.28. The van der Waals surface area contributed by atoms with Crippen LogP contribution < -0.4 is 5.32 Å². The molecule has 0 aromatic heterocycles. The Labute approximate surface area is 200 Å². The smallest absolute Gasteiger partial charge is 0.254 e. The Morgan fingerprint density at radius 1 is 1.12 bits per heavy atom. The van der Waals surface area contributed by atoms with Crippen LogP contribution in [-0.2, 0) is 9.53 Å². The number of hydrogen-bond donors (Lipinski definition) is 1. The molecule has 0 unspecified atom stereocenters. The summed E-state index contributed by atoms with van der Waals surface area (Å²) in [7, 11) is 0. The third-order valence-electron chi connectivity index (χ3n) is 6.49. The lowest BCUT2D eigenvalue weighted by Gasteiger charge is -2.42. The van der Waals surface area contributed by atoms with Gasteiger partial charge in [0.2, 0.25) is 5.91 Å². The molecule has 6 nitrogen and oxygen atoms in total. The lowest BCUT2D eigenvalue weighted by molar-refractivity contribution is -0.124. The molecule has 2 amide bonds. The number of nitrogens with zero attached hydrogens (tertiary/aromatic N) is 2. The van der Waals surface area contributed by atoms with E-state index in [0.717, 1.165) is 56.8 Å². The van der Waals surface area contributed by atoms with Gasteiger partial charge in [-0.25, -0.2) is 0 Å². The van der Waals surface area contributed by atoms with Crippen molar-refractivity contribution in [3.05, 3.63) is 70.2 Å². The third kappa shape index (κ3) is 5.40. The average molecular weight is 470 g/mol. The molecular formula is C26H32ClN3O3. The quantitative estimate of drug-likeness (QED) is 0.637. The van der Waals surface area contributed by atoms with Crippen molar-refractivity contribution >= 4 is 23.4 Å². The Kier molecular flexibility index (Phi) is 8.02. The standard InChI is InChI=1S/C26H32ClN3O3/c1-2-3-12-30-24(19-7-6-8-20(27)18-19)23(21-9-4-5-10-22(21)26(30)32)25(31)28-11-13-29-14-16-33-17-15-29/h4-10,18,23-24H,2-3,11-17H2,1H3,(H,28,31)/t23-,24+/m1/s1. The Balaban J connectivity index is 1.65. The van der Waals surface area contributed by atoms with Gasteiger partial charge < -0.3 is 15.0 Å². The molecule has 0 spiro atoms. The van der Waals surface area contributed by atoms with Crippen LogP contribution in [0.3, 0.4) is 0 Å². The summed E-state index contributed by atoms with van der Waals surface area (Å²) in [6, 6.07) is 14.6. The number of benzene rings is 2. The molecule has 0 aliphatic carbocycles. The van der Waals surface area contributed by atoms with E-state index in [1.165, 1.54) is 0 Å². The van der Waals surface area contributed by atoms with Crippen LogP contribution in [0.15, 0.2) is 48.5 Å². The van der Waals surface area contributed by atoms with Crippen LogP contribution in [0.4, 0.5) is 0 Å². The number of morpholine rings is 1. The van der Waals surface area contributed by atoms with Crippen LogP contribution in [0.5, 0.6) is 0 Å². The first-order chi connectivity index (χ1) is 16.1. The summed E-state index contributed by atoms with van der Waals surface area (Å²) in [5, 5.41) is 3.75. The van der Waals surface area contributed by atoms with E-state index in [-0.39, 0.29) is 11.8 Å². The van der Waals surface area contributed by atoms with E-state index >= 15 is 0 Å². The molecule has 1 saturated heterocycles. The number of amides is 2. The van der Waals surface area contributed by atoms with Crippen molar-refractivity contribution < 1.29 is 14.3 Å². The molecule has 0 saturated carbocycles. The van der Waals surface area contributed by atoms with E-state index in [2.05, 4.69) is 17.1 Å². The van der Waals surface area contributed by atoms with Gasteiger partial charge in [0.25, 0.3) is 5.91 Å². The number of carbonyl (C=O) groups excluding carboxylic acids is 2. The summed E-state index contributed by atoms with van der Waals surface area (Å²) >= 11 is 6.33. The van der Waals surface area contributed by atoms with E-state index in [0.29, 0.717) is 23.7 Å². The van der Waals surface area contributed by atoms with Gasteiger partial charge in [-0.3, -0.25) is 14.5 Å². The molecule has 2 heterocycles. The Morgan fingerprint density at radius 2 is 1.91 bits per heavy atom. The number of hydrogen-bond acceptors (Lipinski definition) is 4. The molecule has 2 aliphatic rings. The van der Waals surface area contributed by atoms with Gasteiger partial charge in [0.05, 0.1) is 25.2 Å². The fourth-order valence-electron chi connectivity index (χ4n) is 4.78. The number of ether oxygens (including phenoxy) is 1. The fraction of sp³-hybridized carbons (Fsp3) is 0.462. The number of nitrogens with one attached hydrogen (secondary N) is 1. The van der Waals surface area contributed by atoms with Crippen LogP contribution in [0.25, 0.3) is 0 Å². The van der Waals surface area contributed by atoms with Crippen LogP contribution >= 0.6 is 11.6 Å². The molecule has 1 fully saturated rings. The van der Waals surface area contributed by atoms with Gasteiger partial charge in [-0.2, -0.15) is 0 Å². The lowest BCUT2D eigenvalue weighted by atomic mass is 9.79. The SMILES string of the molecule is CCCCN1C(=O)c2ccccc2[C@@H](C(=O)NCCN2CCOCC2)[C@@H]1c1cccc(Cl)c1. The second-order valence-electron chi connectivity index (χ2n) is 8.66. The van der Waals surface area contributed by atoms with E-state index in [4.69, 9.17) is 16.3 Å². The molecule has 2 aromatic rings. The second-order valence-corrected chi connectivity index (χ2v) is 9.10. The molecule has 1 N–H and O–H groups in total. The maximum atomic E-state index is 13.7. The molecule has 33 heavy (non-hydrogen) atoms. The van der Waals surface area contributed by atoms with Crippen molar-refractivity contribution in [1.29, 1.82) is 0 Å². The highest BCUT2D eigenvalue weighted by Crippen LogP contribution is 2.43. The molecule has 0 bridgehead atoms. The molecular weight excluding hydrogens is 438 g/mol. The Bertz CT molecular complexity index is 977. The number of carbonyl (C=O) groups is 2. The van der Waals surface area contributed by atoms with Crippen LogP contribution in [0.2, 0.25) is 5.02 Å². The monoisotopic (exact) mass is 469 g/mol. The second kappa shape index (κ2) is 11.1. The summed E-state index contributed by atoms with van der Waals surface area (Å²) < 4.78 is 5.41. The van der Waals surface area contributed by atoms with Gasteiger partial charge in [-0.1, -0.05) is 55.3 Å². The largest absolute Gasteiger partial charge is 0.379 e. The first-order valence-corrected chi connectivity index (χ1v) is 12.2. The van der Waals surface area contributed by atoms with Crippen molar-refractivity contribution in [3.63, 3.8) is 0 Å². The van der Waals surface area contributed by atoms with Crippen molar-refractivity contribution in [2.75, 3.05) is 45.9 Å². The lowest BCUT2D eigenvalue weighted by Crippen LogP contribution is -2.49. The van der Waals surface area contributed by atoms with Crippen LogP contribution in [0.1, 0.15) is 53.2 Å². The Hall–Kier alpha value is -2.41. The zero-order chi connectivity index (χ0) is 23.2. The van der Waals surface area contributed by atoms with Crippen molar-refractivity contribution in [2.45, 2.75) is 31.7 Å². The first kappa shape index (κ1) is 23.7. The number of halogens is 1. The van der Waals surface area contributed by atoms with E-state index in [9.17, 15) is 9.59 Å². The summed E-state index contributed by atoms with van der Waals surface area (Å²) in [6.07, 6.45) is 1.83. The highest BCUT2D eigenvalue weighted by Gasteiger charge is 2.43. The van der Waals surface area contributed by atoms with Gasteiger partial charge in [-0.05, 0) is 35.7 Å². The predicted octanol–water partition coefficient (Wildman–Crippen LogP) is 3.87. The molecule has 7 heteroatoms. The van der Waals surface area contributed by atoms with Crippen molar-refractivity contribution in [3.8, 4) is 0 Å². The molecule has 2 aliphatic heterocycles. The van der Waals surface area contributed by atoms with Gasteiger partial charge in [-0.15, -0.1) is 0 Å². The average Bonchev–Trinajstić information content (AvgIpc) is 2.84. The zero-order valence-corrected chi connectivity index (χ0v) is 19.9. The Morgan fingerprint density at radius 3 is 2.67 bits per heavy atom. The minimum atomic E-state index is -0.501. The first-order valence-electron chi connectivity index (χ1n) is 11.8. The maximum Gasteiger partial charge on any atom is 0.254 e. The van der Waals surface area contributed by atoms with Gasteiger partial charge in [0, 0.05) is 43.3 Å². The summed E-state index contributed by atoms with van der Waals surface area (Å²) in [6.45, 7) is 7.27. The molecule has 2 atom stereocenters. The third-order valence-corrected chi connectivity index (χ3v) is 6.73. The number of unbranched alkanes of at least 4 members (excludes halogenated alkanes) is 1. The van der Waals surface area contributed by atoms with Crippen LogP contribution in [0, 0.1) is 0 Å². The van der Waals surface area contributed by atoms with Crippen molar-refractivity contribution in [2.24, 2.45) is 0 Å². The number of fused-ring (bicyclic) bond motifs is 1. The molecule has 176 valence electrons. The molecule has 4 rings (SSSR count). The maximum absolute atomic E-state index is 13.7. The predicted molar refractivity (Wildman–Crippen MR) is 130 cm³/mol. The number of rotatable bonds is 8. The van der Waals surface area contributed by atoms with Crippen LogP contribution in [-0.4, -0.2) is 67.6 Å². The van der Waals surface area contributed by atoms with Gasteiger partial charge in [0.15, 0.2) is 0 Å². The van der Waals surface area contributed by atoms with Gasteiger partial charge in [0.1, 0.15) is 0 Å². The summed E-state index contributed by atoms with van der Waals surface area (Å²) in [5.74, 6) is -0.588.